The van der Waals surface area contributed by atoms with Gasteiger partial charge in [0.2, 0.25) is 6.26 Å². The molecule has 0 saturated heterocycles. The molecule has 3 rings (SSSR count). The summed E-state index contributed by atoms with van der Waals surface area (Å²) >= 11 is 3.27. The number of aliphatic imine (C=N–C) groups is 1. The molecule has 1 aromatic carbocycles. The highest BCUT2D eigenvalue weighted by Gasteiger charge is 2.36. The molecule has 33 heavy (non-hydrogen) atoms. The molecule has 2 aromatic rings. The normalized spacial score (nSPS) is 17.4. The summed E-state index contributed by atoms with van der Waals surface area (Å²) in [5, 5.41) is 13.5. The van der Waals surface area contributed by atoms with E-state index in [0.29, 0.717) is 10.2 Å². The highest BCUT2D eigenvalue weighted by atomic mass is 79.9. The van der Waals surface area contributed by atoms with E-state index >= 15 is 0 Å². The Morgan fingerprint density at radius 2 is 2.00 bits per heavy atom. The van der Waals surface area contributed by atoms with Crippen LogP contribution in [0.4, 0.5) is 5.69 Å². The van der Waals surface area contributed by atoms with E-state index in [4.69, 9.17) is 0 Å². The third-order valence-electron chi connectivity index (χ3n) is 4.81. The third kappa shape index (κ3) is 5.38. The molecule has 0 spiro atoms. The largest absolute Gasteiger partial charge is 0.553 e. The number of benzene rings is 1. The lowest BCUT2D eigenvalue weighted by atomic mass is 9.85. The molecule has 0 fully saturated rings. The van der Waals surface area contributed by atoms with Crippen LogP contribution in [-0.4, -0.2) is 50.1 Å². The van der Waals surface area contributed by atoms with Crippen molar-refractivity contribution in [2.24, 2.45) is 14.8 Å². The van der Waals surface area contributed by atoms with Crippen molar-refractivity contribution in [1.29, 1.82) is 0 Å². The molecule has 1 aliphatic heterocycles. The van der Waals surface area contributed by atoms with Crippen molar-refractivity contribution in [1.82, 2.24) is 9.62 Å². The zero-order valence-electron chi connectivity index (χ0n) is 19.1. The monoisotopic (exact) mass is 540 g/mol. The average Bonchev–Trinajstić information content (AvgIpc) is 3.22. The van der Waals surface area contributed by atoms with Gasteiger partial charge in [0.05, 0.1) is 11.3 Å². The van der Waals surface area contributed by atoms with E-state index in [9.17, 15) is 18.3 Å². The number of phenols is 1. The van der Waals surface area contributed by atoms with Gasteiger partial charge in [-0.25, -0.2) is 9.71 Å². The minimum atomic E-state index is -4.04. The van der Waals surface area contributed by atoms with Crippen LogP contribution in [0.25, 0.3) is 0 Å². The number of amidine groups is 2. The number of hydrogen-bond acceptors (Lipinski definition) is 6. The lowest BCUT2D eigenvalue weighted by Gasteiger charge is -2.24. The number of phenolic OH excluding ortho intramolecular Hbond substituents is 1. The maximum atomic E-state index is 12.5. The van der Waals surface area contributed by atoms with Gasteiger partial charge < -0.3 is 19.7 Å². The average molecular weight is 541 g/mol. The minimum absolute atomic E-state index is 0.0154. The fourth-order valence-corrected chi connectivity index (χ4v) is 4.52. The van der Waals surface area contributed by atoms with Crippen LogP contribution < -0.4 is 10.0 Å². The Hall–Kier alpha value is -2.86. The van der Waals surface area contributed by atoms with Crippen LogP contribution in [0.15, 0.2) is 42.7 Å². The fraction of sp³-hybridized carbons (Fsp3) is 0.381. The summed E-state index contributed by atoms with van der Waals surface area (Å²) in [4.78, 5) is 18.5. The number of furan rings is 1. The molecule has 0 aliphatic carbocycles. The van der Waals surface area contributed by atoms with Gasteiger partial charge in [0.1, 0.15) is 0 Å². The molecular weight excluding hydrogens is 514 g/mol. The zero-order chi connectivity index (χ0) is 24.7. The third-order valence-corrected chi connectivity index (χ3v) is 6.35. The molecule has 178 valence electrons. The van der Waals surface area contributed by atoms with Crippen LogP contribution in [0.3, 0.4) is 0 Å². The fourth-order valence-electron chi connectivity index (χ4n) is 3.21. The molecule has 1 aliphatic rings. The summed E-state index contributed by atoms with van der Waals surface area (Å²) in [6, 6.07) is 4.49. The molecule has 10 nitrogen and oxygen atoms in total. The molecule has 1 aromatic heterocycles. The maximum absolute atomic E-state index is 12.5. The van der Waals surface area contributed by atoms with Gasteiger partial charge in [-0.3, -0.25) is 4.79 Å². The smallest absolute Gasteiger partial charge is 0.345 e. The Morgan fingerprint density at radius 3 is 2.55 bits per heavy atom. The van der Waals surface area contributed by atoms with E-state index in [-0.39, 0.29) is 34.1 Å². The standard InChI is InChI=1S/C21H26BrN5O5S/c1-11-9-14(32-10-11)17(21(2,3)4)24-19-18(25-33(30,31)26-19)23-13-8-7-12(22)15(16(13)28)20(29)27(5)6/h7-10,17,28H,1-6H3,(H,23,25)(H,24,26)/p+1/t17-/m0/s1. The molecule has 4 N–H and O–H groups in total. The Labute approximate surface area is 201 Å². The quantitative estimate of drug-likeness (QED) is 0.401. The summed E-state index contributed by atoms with van der Waals surface area (Å²) in [5.74, 6) is -0.202. The summed E-state index contributed by atoms with van der Waals surface area (Å²) in [5.41, 5.74) is 0.715. The van der Waals surface area contributed by atoms with Crippen molar-refractivity contribution in [2.75, 3.05) is 19.4 Å². The van der Waals surface area contributed by atoms with Crippen molar-refractivity contribution in [3.8, 4) is 5.75 Å². The lowest BCUT2D eigenvalue weighted by Crippen LogP contribution is -2.32. The first-order valence-corrected chi connectivity index (χ1v) is 12.2. The summed E-state index contributed by atoms with van der Waals surface area (Å²) in [7, 11) is -0.919. The molecule has 0 saturated carbocycles. The number of nitrogens with zero attached hydrogens (tertiary/aromatic N) is 3. The summed E-state index contributed by atoms with van der Waals surface area (Å²) in [6.07, 6.45) is 1.73. The topological polar surface area (TPSA) is 136 Å². The van der Waals surface area contributed by atoms with Crippen LogP contribution in [0.2, 0.25) is 0 Å². The van der Waals surface area contributed by atoms with Crippen LogP contribution in [0.1, 0.15) is 48.5 Å². The van der Waals surface area contributed by atoms with E-state index in [1.165, 1.54) is 11.0 Å². The van der Waals surface area contributed by atoms with E-state index in [0.717, 1.165) is 5.56 Å². The van der Waals surface area contributed by atoms with Gasteiger partial charge in [-0.1, -0.05) is 20.8 Å². The molecule has 0 radical (unpaired) electrons. The van der Waals surface area contributed by atoms with E-state index in [2.05, 4.69) is 39.8 Å². The van der Waals surface area contributed by atoms with Crippen molar-refractivity contribution in [3.05, 3.63) is 45.8 Å². The van der Waals surface area contributed by atoms with Gasteiger partial charge in [-0.15, -0.1) is 4.40 Å². The van der Waals surface area contributed by atoms with Gasteiger partial charge in [-0.2, -0.15) is 8.42 Å². The van der Waals surface area contributed by atoms with Crippen LogP contribution in [0, 0.1) is 12.3 Å². The molecule has 0 unspecified atom stereocenters. The van der Waals surface area contributed by atoms with Crippen LogP contribution >= 0.6 is 15.9 Å². The van der Waals surface area contributed by atoms with Crippen molar-refractivity contribution >= 4 is 49.4 Å². The molecular formula is C21H27BrN5O5S+. The van der Waals surface area contributed by atoms with Crippen molar-refractivity contribution in [2.45, 2.75) is 33.7 Å². The number of nitrogens with one attached hydrogen (secondary N) is 2. The van der Waals surface area contributed by atoms with Gasteiger partial charge in [0.15, 0.2) is 23.5 Å². The number of aryl methyl sites for hydroxylation is 1. The van der Waals surface area contributed by atoms with E-state index in [1.54, 1.807) is 26.4 Å². The Kier molecular flexibility index (Phi) is 6.62. The maximum Gasteiger partial charge on any atom is 0.345 e. The summed E-state index contributed by atoms with van der Waals surface area (Å²) < 4.78 is 35.3. The second-order valence-corrected chi connectivity index (χ2v) is 11.2. The van der Waals surface area contributed by atoms with Gasteiger partial charge >= 0.3 is 10.2 Å². The SMILES string of the molecule is Cc1c[oH+]c([C@H](N=C2NS(=O)(=O)N=C2Nc2ccc(Br)c(C(=O)N(C)C)c2O)C(C)(C)C)c1. The highest BCUT2D eigenvalue weighted by Crippen LogP contribution is 2.38. The van der Waals surface area contributed by atoms with E-state index in [1.807, 2.05) is 33.8 Å². The number of halogens is 1. The van der Waals surface area contributed by atoms with Crippen LogP contribution in [-0.2, 0) is 10.2 Å². The molecule has 12 heteroatoms. The van der Waals surface area contributed by atoms with Crippen molar-refractivity contribution < 1.29 is 22.7 Å². The first-order valence-electron chi connectivity index (χ1n) is 10.00. The molecule has 0 bridgehead atoms. The Morgan fingerprint density at radius 1 is 1.33 bits per heavy atom. The molecule has 1 atom stereocenters. The Bertz CT molecular complexity index is 1260. The van der Waals surface area contributed by atoms with Gasteiger partial charge in [-0.05, 0) is 40.4 Å². The zero-order valence-corrected chi connectivity index (χ0v) is 21.5. The number of carbonyl (C=O) groups excluding carboxylic acids is 1. The number of aromatic hydroxyl groups is 1. The minimum Gasteiger partial charge on any atom is -0.553 e. The molecule has 1 amide bonds. The lowest BCUT2D eigenvalue weighted by molar-refractivity contribution is 0.0824. The first-order chi connectivity index (χ1) is 15.2. The number of anilines is 1. The van der Waals surface area contributed by atoms with Gasteiger partial charge in [0, 0.05) is 30.2 Å². The van der Waals surface area contributed by atoms with Gasteiger partial charge in [0.25, 0.3) is 11.7 Å². The summed E-state index contributed by atoms with van der Waals surface area (Å²) in [6.45, 7) is 7.83. The highest BCUT2D eigenvalue weighted by molar-refractivity contribution is 9.10. The predicted octanol–water partition coefficient (Wildman–Crippen LogP) is 3.71. The second kappa shape index (κ2) is 8.82. The number of carbonyl (C=O) groups is 1. The van der Waals surface area contributed by atoms with Crippen molar-refractivity contribution in [3.63, 3.8) is 0 Å². The number of hydrogen-bond donors (Lipinski definition) is 3. The van der Waals surface area contributed by atoms with Crippen LogP contribution in [0.5, 0.6) is 5.75 Å². The molecule has 2 heterocycles. The first kappa shape index (κ1) is 24.8. The number of amides is 1. The predicted molar refractivity (Wildman–Crippen MR) is 131 cm³/mol. The second-order valence-electron chi connectivity index (χ2n) is 8.98. The number of rotatable bonds is 4. The van der Waals surface area contributed by atoms with E-state index < -0.39 is 22.2 Å². The Balaban J connectivity index is 2.05.